The second kappa shape index (κ2) is 7.16. The zero-order chi connectivity index (χ0) is 19.9. The Morgan fingerprint density at radius 2 is 1.70 bits per heavy atom. The largest absolute Gasteiger partial charge is 0.354 e. The van der Waals surface area contributed by atoms with Gasteiger partial charge in [-0.2, -0.15) is 0 Å². The van der Waals surface area contributed by atoms with Gasteiger partial charge in [0.15, 0.2) is 0 Å². The normalized spacial score (nSPS) is 12.0. The summed E-state index contributed by atoms with van der Waals surface area (Å²) in [7, 11) is -4.31. The molecular formula is C16H9Cl2F3N2O3S. The molecule has 0 aliphatic heterocycles. The fourth-order valence-corrected chi connectivity index (χ4v) is 3.34. The van der Waals surface area contributed by atoms with Crippen molar-refractivity contribution in [2.75, 3.05) is 0 Å². The Bertz CT molecular complexity index is 1130. The standard InChI is InChI=1S/C16H9Cl2F3N2O3S/c17-9-3-1-8(5-10(9)18)14-13(15(16(20)21)26-23-14)7-2-4-12(11(19)6-7)27(22,24)25/h1-6,16H,(H2,22,24,25). The van der Waals surface area contributed by atoms with Crippen LogP contribution in [0.1, 0.15) is 12.2 Å². The minimum Gasteiger partial charge on any atom is -0.354 e. The Kier molecular flexibility index (Phi) is 5.22. The number of nitrogens with zero attached hydrogens (tertiary/aromatic N) is 1. The number of primary sulfonamides is 1. The molecule has 2 N–H and O–H groups in total. The van der Waals surface area contributed by atoms with Crippen LogP contribution in [0.15, 0.2) is 45.8 Å². The molecule has 0 saturated carbocycles. The summed E-state index contributed by atoms with van der Waals surface area (Å²) >= 11 is 11.8. The average molecular weight is 437 g/mol. The van der Waals surface area contributed by atoms with Gasteiger partial charge in [-0.1, -0.05) is 40.5 Å². The molecule has 0 aliphatic rings. The highest BCUT2D eigenvalue weighted by Gasteiger charge is 2.27. The van der Waals surface area contributed by atoms with Crippen LogP contribution in [0.4, 0.5) is 13.2 Å². The van der Waals surface area contributed by atoms with Crippen LogP contribution in [0.25, 0.3) is 22.4 Å². The summed E-state index contributed by atoms with van der Waals surface area (Å²) in [4.78, 5) is -0.766. The fraction of sp³-hybridized carbons (Fsp3) is 0.0625. The molecule has 3 aromatic rings. The molecule has 0 saturated heterocycles. The monoisotopic (exact) mass is 436 g/mol. The molecule has 0 fully saturated rings. The van der Waals surface area contributed by atoms with E-state index in [1.54, 1.807) is 0 Å². The molecule has 5 nitrogen and oxygen atoms in total. The van der Waals surface area contributed by atoms with Crippen LogP contribution in [0.3, 0.4) is 0 Å². The van der Waals surface area contributed by atoms with Gasteiger partial charge in [0.1, 0.15) is 16.4 Å². The van der Waals surface area contributed by atoms with E-state index in [9.17, 15) is 21.6 Å². The first-order valence-electron chi connectivity index (χ1n) is 7.15. The van der Waals surface area contributed by atoms with Crippen LogP contribution < -0.4 is 5.14 Å². The van der Waals surface area contributed by atoms with E-state index in [0.29, 0.717) is 5.56 Å². The molecule has 0 amide bonds. The predicted molar refractivity (Wildman–Crippen MR) is 93.7 cm³/mol. The van der Waals surface area contributed by atoms with Crippen molar-refractivity contribution in [3.8, 4) is 22.4 Å². The lowest BCUT2D eigenvalue weighted by Gasteiger charge is -2.07. The fourth-order valence-electron chi connectivity index (χ4n) is 2.46. The van der Waals surface area contributed by atoms with E-state index in [4.69, 9.17) is 32.9 Å². The van der Waals surface area contributed by atoms with Gasteiger partial charge in [-0.3, -0.25) is 0 Å². The van der Waals surface area contributed by atoms with E-state index in [0.717, 1.165) is 18.2 Å². The molecule has 1 aromatic heterocycles. The van der Waals surface area contributed by atoms with E-state index in [1.165, 1.54) is 18.2 Å². The lowest BCUT2D eigenvalue weighted by atomic mass is 9.99. The van der Waals surface area contributed by atoms with E-state index in [1.807, 2.05) is 0 Å². The molecule has 1 heterocycles. The van der Waals surface area contributed by atoms with E-state index in [-0.39, 0.29) is 26.9 Å². The number of rotatable bonds is 4. The summed E-state index contributed by atoms with van der Waals surface area (Å²) in [6.07, 6.45) is -3.05. The lowest BCUT2D eigenvalue weighted by molar-refractivity contribution is 0.113. The first kappa shape index (κ1) is 19.7. The average Bonchev–Trinajstić information content (AvgIpc) is 3.01. The molecule has 0 aliphatic carbocycles. The third-order valence-corrected chi connectivity index (χ3v) is 5.32. The lowest BCUT2D eigenvalue weighted by Crippen LogP contribution is -2.14. The molecule has 0 bridgehead atoms. The van der Waals surface area contributed by atoms with Gasteiger partial charge in [0.2, 0.25) is 15.8 Å². The van der Waals surface area contributed by atoms with Crippen LogP contribution in [-0.2, 0) is 10.0 Å². The molecule has 0 unspecified atom stereocenters. The molecule has 27 heavy (non-hydrogen) atoms. The zero-order valence-corrected chi connectivity index (χ0v) is 15.4. The molecule has 0 atom stereocenters. The number of aromatic nitrogens is 1. The number of nitrogens with two attached hydrogens (primary N) is 1. The number of hydrogen-bond donors (Lipinski definition) is 1. The highest BCUT2D eigenvalue weighted by atomic mass is 35.5. The quantitative estimate of drug-likeness (QED) is 0.620. The van der Waals surface area contributed by atoms with Gasteiger partial charge in [-0.05, 0) is 29.8 Å². The highest BCUT2D eigenvalue weighted by molar-refractivity contribution is 7.89. The van der Waals surface area contributed by atoms with Crippen LogP contribution >= 0.6 is 23.2 Å². The van der Waals surface area contributed by atoms with Crippen molar-refractivity contribution >= 4 is 33.2 Å². The summed E-state index contributed by atoms with van der Waals surface area (Å²) in [6, 6.07) is 7.06. The van der Waals surface area contributed by atoms with Crippen molar-refractivity contribution in [1.29, 1.82) is 0 Å². The SMILES string of the molecule is NS(=O)(=O)c1ccc(-c2c(-c3ccc(Cl)c(Cl)c3)noc2C(F)F)cc1F. The summed E-state index contributed by atoms with van der Waals surface area (Å²) in [5.41, 5.74) is -0.0154. The van der Waals surface area contributed by atoms with Gasteiger partial charge in [0, 0.05) is 5.56 Å². The summed E-state index contributed by atoms with van der Waals surface area (Å²) in [5.74, 6) is -2.00. The van der Waals surface area contributed by atoms with Crippen molar-refractivity contribution in [2.45, 2.75) is 11.3 Å². The van der Waals surface area contributed by atoms with E-state index in [2.05, 4.69) is 5.16 Å². The van der Waals surface area contributed by atoms with Gasteiger partial charge in [0.05, 0.1) is 15.6 Å². The highest BCUT2D eigenvalue weighted by Crippen LogP contribution is 2.40. The molecule has 2 aromatic carbocycles. The Balaban J connectivity index is 2.24. The minimum absolute atomic E-state index is 0.0355. The number of benzene rings is 2. The van der Waals surface area contributed by atoms with Gasteiger partial charge >= 0.3 is 0 Å². The molecular weight excluding hydrogens is 428 g/mol. The Hall–Kier alpha value is -2.07. The first-order chi connectivity index (χ1) is 12.6. The van der Waals surface area contributed by atoms with Crippen LogP contribution in [0.5, 0.6) is 0 Å². The third kappa shape index (κ3) is 3.81. The smallest absolute Gasteiger partial charge is 0.298 e. The van der Waals surface area contributed by atoms with Gasteiger partial charge < -0.3 is 4.52 Å². The number of hydrogen-bond acceptors (Lipinski definition) is 4. The topological polar surface area (TPSA) is 86.2 Å². The Morgan fingerprint density at radius 3 is 2.26 bits per heavy atom. The predicted octanol–water partition coefficient (Wildman–Crippen LogP) is 5.04. The third-order valence-electron chi connectivity index (χ3n) is 3.64. The number of alkyl halides is 2. The Morgan fingerprint density at radius 1 is 1.04 bits per heavy atom. The maximum absolute atomic E-state index is 14.2. The second-order valence-electron chi connectivity index (χ2n) is 5.39. The van der Waals surface area contributed by atoms with Crippen molar-refractivity contribution in [3.63, 3.8) is 0 Å². The number of sulfonamides is 1. The van der Waals surface area contributed by atoms with Crippen molar-refractivity contribution in [2.24, 2.45) is 5.14 Å². The molecule has 0 spiro atoms. The van der Waals surface area contributed by atoms with Gasteiger partial charge in [-0.15, -0.1) is 0 Å². The maximum atomic E-state index is 14.2. The summed E-state index contributed by atoms with van der Waals surface area (Å²) in [5, 5.41) is 8.93. The van der Waals surface area contributed by atoms with Gasteiger partial charge in [0.25, 0.3) is 6.43 Å². The van der Waals surface area contributed by atoms with Crippen LogP contribution in [-0.4, -0.2) is 13.6 Å². The van der Waals surface area contributed by atoms with Crippen molar-refractivity contribution < 1.29 is 26.1 Å². The summed E-state index contributed by atoms with van der Waals surface area (Å²) < 4.78 is 68.3. The van der Waals surface area contributed by atoms with Gasteiger partial charge in [-0.25, -0.2) is 26.7 Å². The Labute approximate surface area is 161 Å². The van der Waals surface area contributed by atoms with Crippen molar-refractivity contribution in [3.05, 3.63) is 58.0 Å². The van der Waals surface area contributed by atoms with Crippen LogP contribution in [0, 0.1) is 5.82 Å². The second-order valence-corrected chi connectivity index (χ2v) is 7.73. The molecule has 0 radical (unpaired) electrons. The molecule has 142 valence electrons. The number of halogens is 5. The zero-order valence-electron chi connectivity index (χ0n) is 13.1. The van der Waals surface area contributed by atoms with E-state index < -0.39 is 32.9 Å². The van der Waals surface area contributed by atoms with Crippen molar-refractivity contribution in [1.82, 2.24) is 5.16 Å². The summed E-state index contributed by atoms with van der Waals surface area (Å²) in [6.45, 7) is 0. The minimum atomic E-state index is -4.31. The molecule has 3 rings (SSSR count). The maximum Gasteiger partial charge on any atom is 0.298 e. The first-order valence-corrected chi connectivity index (χ1v) is 9.45. The van der Waals surface area contributed by atoms with E-state index >= 15 is 0 Å². The van der Waals surface area contributed by atoms with Crippen LogP contribution in [0.2, 0.25) is 10.0 Å². The molecule has 11 heteroatoms.